The molecule has 7 nitrogen and oxygen atoms in total. The average molecular weight is 425 g/mol. The molecule has 0 unspecified atom stereocenters. The Morgan fingerprint density at radius 1 is 1.23 bits per heavy atom. The predicted octanol–water partition coefficient (Wildman–Crippen LogP) is 3.16. The normalized spacial score (nSPS) is 17.8. The highest BCUT2D eigenvalue weighted by Gasteiger charge is 2.37. The van der Waals surface area contributed by atoms with Gasteiger partial charge in [-0.2, -0.15) is 0 Å². The first-order valence-corrected chi connectivity index (χ1v) is 10.7. The van der Waals surface area contributed by atoms with Gasteiger partial charge in [0, 0.05) is 29.3 Å². The van der Waals surface area contributed by atoms with Gasteiger partial charge < -0.3 is 14.3 Å². The number of pyridine rings is 1. The van der Waals surface area contributed by atoms with Crippen molar-refractivity contribution in [2.75, 3.05) is 12.9 Å². The molecule has 3 aromatic rings. The molecule has 1 aliphatic heterocycles. The van der Waals surface area contributed by atoms with Crippen LogP contribution in [0, 0.1) is 0 Å². The predicted molar refractivity (Wildman–Crippen MR) is 112 cm³/mol. The van der Waals surface area contributed by atoms with E-state index in [9.17, 15) is 19.5 Å². The maximum Gasteiger partial charge on any atom is 0.336 e. The number of thioether (sulfide) groups is 1. The largest absolute Gasteiger partial charge is 0.497 e. The number of carbonyl (C=O) groups is 1. The van der Waals surface area contributed by atoms with Crippen LogP contribution in [0.25, 0.3) is 11.0 Å². The van der Waals surface area contributed by atoms with Crippen molar-refractivity contribution in [2.45, 2.75) is 36.2 Å². The number of ether oxygens (including phenoxy) is 1. The molecule has 2 aromatic heterocycles. The van der Waals surface area contributed by atoms with Crippen LogP contribution in [-0.4, -0.2) is 28.5 Å². The highest BCUT2D eigenvalue weighted by Crippen LogP contribution is 2.48. The molecule has 154 valence electrons. The lowest BCUT2D eigenvalue weighted by atomic mass is 9.96. The Morgan fingerprint density at radius 3 is 2.73 bits per heavy atom. The first-order chi connectivity index (χ1) is 14.5. The van der Waals surface area contributed by atoms with Crippen molar-refractivity contribution in [1.82, 2.24) is 4.57 Å². The Balaban J connectivity index is 1.66. The Kier molecular flexibility index (Phi) is 4.47. The van der Waals surface area contributed by atoms with E-state index in [-0.39, 0.29) is 5.56 Å². The van der Waals surface area contributed by atoms with Gasteiger partial charge in [0.15, 0.2) is 0 Å². The van der Waals surface area contributed by atoms with Gasteiger partial charge in [0.25, 0.3) is 5.56 Å². The fraction of sp³-hybridized carbons (Fsp3) is 0.318. The lowest BCUT2D eigenvalue weighted by Crippen LogP contribution is -2.29. The molecule has 1 aromatic carbocycles. The fourth-order valence-electron chi connectivity index (χ4n) is 4.16. The van der Waals surface area contributed by atoms with Crippen LogP contribution in [-0.2, 0) is 11.2 Å². The van der Waals surface area contributed by atoms with Gasteiger partial charge in [-0.15, -0.1) is 11.8 Å². The van der Waals surface area contributed by atoms with Crippen molar-refractivity contribution in [3.05, 3.63) is 67.8 Å². The maximum atomic E-state index is 12.8. The van der Waals surface area contributed by atoms with Gasteiger partial charge in [-0.25, -0.2) is 9.59 Å². The summed E-state index contributed by atoms with van der Waals surface area (Å²) >= 11 is 1.44. The van der Waals surface area contributed by atoms with E-state index in [0.717, 1.165) is 39.9 Å². The highest BCUT2D eigenvalue weighted by atomic mass is 32.2. The van der Waals surface area contributed by atoms with Crippen molar-refractivity contribution in [2.24, 2.45) is 0 Å². The number of carboxylic acids is 1. The first-order valence-electron chi connectivity index (χ1n) is 9.71. The highest BCUT2D eigenvalue weighted by molar-refractivity contribution is 7.99. The Labute approximate surface area is 175 Å². The second kappa shape index (κ2) is 7.05. The number of hydrogen-bond acceptors (Lipinski definition) is 6. The number of benzene rings is 1. The van der Waals surface area contributed by atoms with Crippen LogP contribution in [0.2, 0.25) is 0 Å². The number of aromatic nitrogens is 1. The van der Waals surface area contributed by atoms with E-state index >= 15 is 0 Å². The number of carboxylic acid groups (broad SMARTS) is 1. The van der Waals surface area contributed by atoms with E-state index in [1.165, 1.54) is 22.4 Å². The summed E-state index contributed by atoms with van der Waals surface area (Å²) in [5.41, 5.74) is 2.34. The van der Waals surface area contributed by atoms with E-state index < -0.39 is 17.6 Å². The van der Waals surface area contributed by atoms with Gasteiger partial charge in [-0.3, -0.25) is 9.36 Å². The minimum Gasteiger partial charge on any atom is -0.497 e. The van der Waals surface area contributed by atoms with Gasteiger partial charge in [0.1, 0.15) is 17.4 Å². The van der Waals surface area contributed by atoms with Crippen LogP contribution in [0.5, 0.6) is 5.75 Å². The van der Waals surface area contributed by atoms with E-state index in [2.05, 4.69) is 0 Å². The molecule has 1 fully saturated rings. The molecule has 0 radical (unpaired) electrons. The van der Waals surface area contributed by atoms with Crippen LogP contribution in [0.4, 0.5) is 0 Å². The molecule has 0 saturated heterocycles. The zero-order valence-corrected chi connectivity index (χ0v) is 17.0. The molecular weight excluding hydrogens is 406 g/mol. The summed E-state index contributed by atoms with van der Waals surface area (Å²) in [6, 6.07) is 7.50. The molecule has 30 heavy (non-hydrogen) atoms. The molecule has 0 spiro atoms. The third-order valence-electron chi connectivity index (χ3n) is 5.71. The van der Waals surface area contributed by atoms with Gasteiger partial charge in [-0.1, -0.05) is 0 Å². The number of hydrogen-bond donors (Lipinski definition) is 1. The molecule has 5 rings (SSSR count). The summed E-state index contributed by atoms with van der Waals surface area (Å²) in [4.78, 5) is 36.6. The lowest BCUT2D eigenvalue weighted by Gasteiger charge is -2.16. The van der Waals surface area contributed by atoms with E-state index in [0.29, 0.717) is 29.4 Å². The third-order valence-corrected chi connectivity index (χ3v) is 6.88. The molecule has 3 heterocycles. The van der Waals surface area contributed by atoms with Crippen LogP contribution in [0.3, 0.4) is 0 Å². The molecule has 2 aliphatic rings. The second-order valence-electron chi connectivity index (χ2n) is 7.67. The topological polar surface area (TPSA) is 98.7 Å². The van der Waals surface area contributed by atoms with E-state index in [1.54, 1.807) is 25.3 Å². The second-order valence-corrected chi connectivity index (χ2v) is 8.67. The number of rotatable bonds is 5. The molecule has 1 N–H and O–H groups in total. The van der Waals surface area contributed by atoms with Crippen molar-refractivity contribution in [3.63, 3.8) is 0 Å². The molecule has 1 saturated carbocycles. The Morgan fingerprint density at radius 2 is 2.03 bits per heavy atom. The van der Waals surface area contributed by atoms with Crippen molar-refractivity contribution >= 4 is 28.7 Å². The minimum atomic E-state index is -0.988. The molecule has 8 heteroatoms. The molecule has 1 atom stereocenters. The summed E-state index contributed by atoms with van der Waals surface area (Å²) in [5.74, 6) is 0.283. The number of fused-ring (bicyclic) bond motifs is 2. The summed E-state index contributed by atoms with van der Waals surface area (Å²) in [6.07, 6.45) is 2.44. The molecule has 0 bridgehead atoms. The molecular formula is C22H19NO6S. The third kappa shape index (κ3) is 3.11. The van der Waals surface area contributed by atoms with Crippen molar-refractivity contribution < 1.29 is 19.1 Å². The Bertz CT molecular complexity index is 1300. The van der Waals surface area contributed by atoms with Gasteiger partial charge in [-0.05, 0) is 54.0 Å². The summed E-state index contributed by atoms with van der Waals surface area (Å²) in [5, 5.41) is 11.0. The van der Waals surface area contributed by atoms with E-state index in [1.807, 2.05) is 6.07 Å². The monoisotopic (exact) mass is 425 g/mol. The quantitative estimate of drug-likeness (QED) is 0.627. The smallest absolute Gasteiger partial charge is 0.336 e. The first kappa shape index (κ1) is 19.0. The van der Waals surface area contributed by atoms with Crippen LogP contribution < -0.4 is 15.9 Å². The van der Waals surface area contributed by atoms with Gasteiger partial charge >= 0.3 is 11.6 Å². The number of aliphatic carboxylic acids is 1. The standard InChI is InChI=1S/C22H19NO6S/c1-28-14-4-5-15-12(8-19(25)29-17(15)9-14)6-13-7-18(24)23-16(22(26)27)10-30-21(23)20(13)11-2-3-11/h4-5,7-9,11,16H,2-3,6,10H2,1H3,(H,26,27)/t16-/m0/s1. The average Bonchev–Trinajstić information content (AvgIpc) is 3.43. The summed E-state index contributed by atoms with van der Waals surface area (Å²) in [7, 11) is 1.55. The number of nitrogens with zero attached hydrogens (tertiary/aromatic N) is 1. The van der Waals surface area contributed by atoms with Crippen molar-refractivity contribution in [1.29, 1.82) is 0 Å². The van der Waals surface area contributed by atoms with E-state index in [4.69, 9.17) is 9.15 Å². The zero-order chi connectivity index (χ0) is 21.0. The minimum absolute atomic E-state index is 0.309. The zero-order valence-electron chi connectivity index (χ0n) is 16.2. The Hall–Kier alpha value is -3.00. The van der Waals surface area contributed by atoms with Crippen LogP contribution in [0.15, 0.2) is 49.4 Å². The van der Waals surface area contributed by atoms with Crippen molar-refractivity contribution in [3.8, 4) is 5.75 Å². The lowest BCUT2D eigenvalue weighted by molar-refractivity contribution is -0.140. The van der Waals surface area contributed by atoms with Gasteiger partial charge in [0.05, 0.1) is 12.1 Å². The molecule has 0 amide bonds. The van der Waals surface area contributed by atoms with Crippen LogP contribution in [0.1, 0.15) is 41.5 Å². The number of methoxy groups -OCH3 is 1. The molecule has 1 aliphatic carbocycles. The van der Waals surface area contributed by atoms with Crippen LogP contribution >= 0.6 is 11.8 Å². The summed E-state index contributed by atoms with van der Waals surface area (Å²) < 4.78 is 12.0. The maximum absolute atomic E-state index is 12.8. The SMILES string of the molecule is COc1ccc2c(Cc3cc(=O)n4c(c3C3CC3)SC[C@H]4C(=O)O)cc(=O)oc2c1. The summed E-state index contributed by atoms with van der Waals surface area (Å²) in [6.45, 7) is 0. The van der Waals surface area contributed by atoms with Gasteiger partial charge in [0.2, 0.25) is 0 Å². The fourth-order valence-corrected chi connectivity index (χ4v) is 5.58.